The molecule has 0 aliphatic rings. The summed E-state index contributed by atoms with van der Waals surface area (Å²) in [6.07, 6.45) is 3.50. The number of phenolic OH excluding ortho intramolecular Hbond substituents is 1. The van der Waals surface area contributed by atoms with Crippen molar-refractivity contribution in [1.82, 2.24) is 15.0 Å². The maximum Gasteiger partial charge on any atom is 0.115 e. The zero-order chi connectivity index (χ0) is 11.4. The molecule has 1 aromatic heterocycles. The molecule has 5 nitrogen and oxygen atoms in total. The minimum absolute atomic E-state index is 0.243. The number of hydrogen-bond donors (Lipinski definition) is 2. The molecule has 0 atom stereocenters. The molecule has 0 aliphatic carbocycles. The first-order valence-corrected chi connectivity index (χ1v) is 5.20. The Morgan fingerprint density at radius 1 is 1.25 bits per heavy atom. The molecule has 0 aliphatic heterocycles. The Kier molecular flexibility index (Phi) is 3.16. The average Bonchev–Trinajstić information content (AvgIpc) is 2.75. The van der Waals surface area contributed by atoms with E-state index in [0.29, 0.717) is 6.54 Å². The van der Waals surface area contributed by atoms with Gasteiger partial charge >= 0.3 is 0 Å². The standard InChI is InChI=1S/C11H14N4O/c12-7-1-2-10-8-13-14-15(10)9-3-5-11(16)6-4-9/h3-6,8,16H,1-2,7,12H2. The summed E-state index contributed by atoms with van der Waals surface area (Å²) in [5.74, 6) is 0.243. The predicted molar refractivity (Wildman–Crippen MR) is 60.4 cm³/mol. The fraction of sp³-hybridized carbons (Fsp3) is 0.273. The number of phenols is 1. The number of aromatic nitrogens is 3. The fourth-order valence-electron chi connectivity index (χ4n) is 1.52. The van der Waals surface area contributed by atoms with Gasteiger partial charge < -0.3 is 10.8 Å². The smallest absolute Gasteiger partial charge is 0.115 e. The maximum atomic E-state index is 9.20. The fourth-order valence-corrected chi connectivity index (χ4v) is 1.52. The number of aryl methyl sites for hydroxylation is 1. The van der Waals surface area contributed by atoms with Gasteiger partial charge in [0.1, 0.15) is 5.75 Å². The first kappa shape index (κ1) is 10.6. The highest BCUT2D eigenvalue weighted by molar-refractivity contribution is 5.36. The number of benzene rings is 1. The van der Waals surface area contributed by atoms with Crippen LogP contribution in [-0.2, 0) is 6.42 Å². The number of nitrogens with zero attached hydrogens (tertiary/aromatic N) is 3. The Hall–Kier alpha value is -1.88. The maximum absolute atomic E-state index is 9.20. The van der Waals surface area contributed by atoms with Crippen LogP contribution >= 0.6 is 0 Å². The van der Waals surface area contributed by atoms with Crippen LogP contribution in [0.5, 0.6) is 5.75 Å². The lowest BCUT2D eigenvalue weighted by Gasteiger charge is -2.05. The third-order valence-corrected chi connectivity index (χ3v) is 2.35. The Labute approximate surface area is 93.5 Å². The van der Waals surface area contributed by atoms with Crippen molar-refractivity contribution in [3.05, 3.63) is 36.2 Å². The quantitative estimate of drug-likeness (QED) is 0.798. The van der Waals surface area contributed by atoms with Crippen molar-refractivity contribution in [2.75, 3.05) is 6.54 Å². The molecule has 1 aromatic carbocycles. The minimum Gasteiger partial charge on any atom is -0.508 e. The van der Waals surface area contributed by atoms with Crippen LogP contribution in [0.4, 0.5) is 0 Å². The molecule has 0 saturated heterocycles. The SMILES string of the molecule is NCCCc1cnnn1-c1ccc(O)cc1. The third kappa shape index (κ3) is 2.20. The zero-order valence-corrected chi connectivity index (χ0v) is 8.87. The minimum atomic E-state index is 0.243. The molecule has 0 amide bonds. The molecule has 84 valence electrons. The van der Waals surface area contributed by atoms with Crippen molar-refractivity contribution in [3.8, 4) is 11.4 Å². The van der Waals surface area contributed by atoms with E-state index >= 15 is 0 Å². The van der Waals surface area contributed by atoms with Crippen molar-refractivity contribution in [2.24, 2.45) is 5.73 Å². The third-order valence-electron chi connectivity index (χ3n) is 2.35. The number of rotatable bonds is 4. The van der Waals surface area contributed by atoms with E-state index in [9.17, 15) is 5.11 Å². The molecular weight excluding hydrogens is 204 g/mol. The largest absolute Gasteiger partial charge is 0.508 e. The first-order valence-electron chi connectivity index (χ1n) is 5.20. The molecule has 3 N–H and O–H groups in total. The Morgan fingerprint density at radius 3 is 2.69 bits per heavy atom. The van der Waals surface area contributed by atoms with Gasteiger partial charge in [-0.1, -0.05) is 5.21 Å². The first-order chi connectivity index (χ1) is 7.81. The van der Waals surface area contributed by atoms with E-state index in [0.717, 1.165) is 24.2 Å². The molecular formula is C11H14N4O. The van der Waals surface area contributed by atoms with Gasteiger partial charge in [0.25, 0.3) is 0 Å². The molecule has 5 heteroatoms. The van der Waals surface area contributed by atoms with Crippen LogP contribution in [0, 0.1) is 0 Å². The van der Waals surface area contributed by atoms with Gasteiger partial charge in [-0.05, 0) is 43.7 Å². The van der Waals surface area contributed by atoms with Crippen LogP contribution in [0.2, 0.25) is 0 Å². The molecule has 0 bridgehead atoms. The van der Waals surface area contributed by atoms with Gasteiger partial charge in [-0.2, -0.15) is 0 Å². The van der Waals surface area contributed by atoms with Crippen LogP contribution in [-0.4, -0.2) is 26.6 Å². The predicted octanol–water partition coefficient (Wildman–Crippen LogP) is 0.864. The lowest BCUT2D eigenvalue weighted by molar-refractivity contribution is 0.475. The summed E-state index contributed by atoms with van der Waals surface area (Å²) in [5, 5.41) is 17.1. The van der Waals surface area contributed by atoms with Crippen LogP contribution in [0.1, 0.15) is 12.1 Å². The highest BCUT2D eigenvalue weighted by atomic mass is 16.3. The molecule has 0 spiro atoms. The summed E-state index contributed by atoms with van der Waals surface area (Å²) in [6.45, 7) is 0.654. The van der Waals surface area contributed by atoms with Crippen molar-refractivity contribution in [2.45, 2.75) is 12.8 Å². The van der Waals surface area contributed by atoms with Crippen molar-refractivity contribution >= 4 is 0 Å². The highest BCUT2D eigenvalue weighted by Crippen LogP contribution is 2.14. The highest BCUT2D eigenvalue weighted by Gasteiger charge is 2.05. The van der Waals surface area contributed by atoms with Gasteiger partial charge in [0.15, 0.2) is 0 Å². The second-order valence-electron chi connectivity index (χ2n) is 3.55. The molecule has 0 fully saturated rings. The van der Waals surface area contributed by atoms with E-state index in [1.54, 1.807) is 35.1 Å². The number of hydrogen-bond acceptors (Lipinski definition) is 4. The van der Waals surface area contributed by atoms with Crippen LogP contribution in [0.15, 0.2) is 30.5 Å². The van der Waals surface area contributed by atoms with Gasteiger partial charge in [-0.15, -0.1) is 5.10 Å². The summed E-state index contributed by atoms with van der Waals surface area (Å²) in [4.78, 5) is 0. The summed E-state index contributed by atoms with van der Waals surface area (Å²) in [7, 11) is 0. The van der Waals surface area contributed by atoms with Gasteiger partial charge in [0, 0.05) is 0 Å². The van der Waals surface area contributed by atoms with E-state index in [-0.39, 0.29) is 5.75 Å². The zero-order valence-electron chi connectivity index (χ0n) is 8.87. The summed E-state index contributed by atoms with van der Waals surface area (Å²) in [5.41, 5.74) is 7.39. The number of aromatic hydroxyl groups is 1. The lowest BCUT2D eigenvalue weighted by Crippen LogP contribution is -2.05. The van der Waals surface area contributed by atoms with Gasteiger partial charge in [-0.25, -0.2) is 4.68 Å². The second kappa shape index (κ2) is 4.76. The monoisotopic (exact) mass is 218 g/mol. The van der Waals surface area contributed by atoms with Crippen molar-refractivity contribution in [1.29, 1.82) is 0 Å². The molecule has 2 rings (SSSR count). The van der Waals surface area contributed by atoms with E-state index in [1.165, 1.54) is 0 Å². The van der Waals surface area contributed by atoms with E-state index in [1.807, 2.05) is 0 Å². The second-order valence-corrected chi connectivity index (χ2v) is 3.55. The van der Waals surface area contributed by atoms with E-state index in [4.69, 9.17) is 5.73 Å². The van der Waals surface area contributed by atoms with Crippen LogP contribution in [0.3, 0.4) is 0 Å². The molecule has 0 radical (unpaired) electrons. The Balaban J connectivity index is 2.26. The summed E-state index contributed by atoms with van der Waals surface area (Å²) < 4.78 is 1.76. The molecule has 2 aromatic rings. The van der Waals surface area contributed by atoms with E-state index < -0.39 is 0 Å². The summed E-state index contributed by atoms with van der Waals surface area (Å²) >= 11 is 0. The van der Waals surface area contributed by atoms with Gasteiger partial charge in [-0.3, -0.25) is 0 Å². The van der Waals surface area contributed by atoms with Crippen LogP contribution in [0.25, 0.3) is 5.69 Å². The van der Waals surface area contributed by atoms with Gasteiger partial charge in [0.05, 0.1) is 17.6 Å². The van der Waals surface area contributed by atoms with Crippen molar-refractivity contribution in [3.63, 3.8) is 0 Å². The molecule has 0 unspecified atom stereocenters. The normalized spacial score (nSPS) is 10.6. The average molecular weight is 218 g/mol. The summed E-state index contributed by atoms with van der Waals surface area (Å²) in [6, 6.07) is 6.86. The number of nitrogens with two attached hydrogens (primary N) is 1. The Morgan fingerprint density at radius 2 is 2.00 bits per heavy atom. The molecule has 16 heavy (non-hydrogen) atoms. The molecule has 1 heterocycles. The van der Waals surface area contributed by atoms with Crippen LogP contribution < -0.4 is 5.73 Å². The van der Waals surface area contributed by atoms with E-state index in [2.05, 4.69) is 10.3 Å². The molecule has 0 saturated carbocycles. The van der Waals surface area contributed by atoms with Gasteiger partial charge in [0.2, 0.25) is 0 Å². The Bertz CT molecular complexity index is 449. The van der Waals surface area contributed by atoms with Crippen molar-refractivity contribution < 1.29 is 5.11 Å². The lowest BCUT2D eigenvalue weighted by atomic mass is 10.2. The topological polar surface area (TPSA) is 77.0 Å².